The smallest absolute Gasteiger partial charge is 0.270 e. The predicted molar refractivity (Wildman–Crippen MR) is 58.8 cm³/mol. The highest BCUT2D eigenvalue weighted by Gasteiger charge is 2.24. The second-order valence-electron chi connectivity index (χ2n) is 5.31. The largest absolute Gasteiger partial charge is 0.386 e. The van der Waals surface area contributed by atoms with Crippen LogP contribution in [0.5, 0.6) is 0 Å². The van der Waals surface area contributed by atoms with E-state index in [1.807, 2.05) is 20.8 Å². The lowest BCUT2D eigenvalue weighted by Crippen LogP contribution is -2.30. The van der Waals surface area contributed by atoms with Gasteiger partial charge in [-0.2, -0.15) is 5.10 Å². The lowest BCUT2D eigenvalue weighted by atomic mass is 9.89. The fourth-order valence-electron chi connectivity index (χ4n) is 1.24. The van der Waals surface area contributed by atoms with Crippen molar-refractivity contribution < 1.29 is 5.11 Å². The van der Waals surface area contributed by atoms with Gasteiger partial charge >= 0.3 is 0 Å². The Labute approximate surface area is 89.3 Å². The molecule has 0 spiro atoms. The highest BCUT2D eigenvalue weighted by molar-refractivity contribution is 5.22. The lowest BCUT2D eigenvalue weighted by Gasteiger charge is -2.21. The van der Waals surface area contributed by atoms with Gasteiger partial charge in [0.2, 0.25) is 0 Å². The van der Waals surface area contributed by atoms with Crippen molar-refractivity contribution in [2.24, 2.45) is 0 Å². The standard InChI is InChI=1S/C11H18N2O2/c1-10(2,3)8-6-7(11(4,5)15)9(14)13-12-8/h6,15H,1-5H3,(H,13,14). The van der Waals surface area contributed by atoms with Crippen LogP contribution in [0.15, 0.2) is 10.9 Å². The molecule has 0 fully saturated rings. The summed E-state index contributed by atoms with van der Waals surface area (Å²) in [4.78, 5) is 11.5. The SMILES string of the molecule is CC(C)(C)c1cc(C(C)(C)O)c(=O)[nH]n1. The zero-order valence-corrected chi connectivity index (χ0v) is 9.88. The molecule has 0 atom stereocenters. The summed E-state index contributed by atoms with van der Waals surface area (Å²) in [6, 6.07) is 1.67. The van der Waals surface area contributed by atoms with Gasteiger partial charge in [-0.1, -0.05) is 20.8 Å². The second-order valence-corrected chi connectivity index (χ2v) is 5.31. The summed E-state index contributed by atoms with van der Waals surface area (Å²) in [6.45, 7) is 9.18. The molecule has 0 aromatic carbocycles. The first kappa shape index (κ1) is 11.9. The van der Waals surface area contributed by atoms with Crippen LogP contribution in [0.3, 0.4) is 0 Å². The molecule has 0 aliphatic carbocycles. The van der Waals surface area contributed by atoms with E-state index in [0.29, 0.717) is 5.56 Å². The van der Waals surface area contributed by atoms with Gasteiger partial charge in [-0.05, 0) is 19.9 Å². The van der Waals surface area contributed by atoms with Gasteiger partial charge in [0.1, 0.15) is 0 Å². The molecule has 1 heterocycles. The molecule has 1 aromatic rings. The minimum absolute atomic E-state index is 0.149. The number of hydrogen-bond acceptors (Lipinski definition) is 3. The zero-order valence-electron chi connectivity index (χ0n) is 9.88. The number of aromatic nitrogens is 2. The third kappa shape index (κ3) is 2.65. The van der Waals surface area contributed by atoms with E-state index in [0.717, 1.165) is 5.69 Å². The van der Waals surface area contributed by atoms with Crippen molar-refractivity contribution in [1.82, 2.24) is 10.2 Å². The third-order valence-electron chi connectivity index (χ3n) is 2.23. The molecule has 0 aliphatic heterocycles. The molecule has 2 N–H and O–H groups in total. The molecule has 0 amide bonds. The van der Waals surface area contributed by atoms with E-state index in [-0.39, 0.29) is 11.0 Å². The van der Waals surface area contributed by atoms with E-state index in [4.69, 9.17) is 0 Å². The number of nitrogens with one attached hydrogen (secondary N) is 1. The Balaban J connectivity index is 3.37. The number of aliphatic hydroxyl groups is 1. The summed E-state index contributed by atoms with van der Waals surface area (Å²) in [5, 5.41) is 16.2. The van der Waals surface area contributed by atoms with Crippen molar-refractivity contribution >= 4 is 0 Å². The quantitative estimate of drug-likeness (QED) is 0.734. The van der Waals surface area contributed by atoms with Gasteiger partial charge in [0.15, 0.2) is 0 Å². The van der Waals surface area contributed by atoms with E-state index in [9.17, 15) is 9.90 Å². The molecule has 0 bridgehead atoms. The molecule has 1 rings (SSSR count). The average molecular weight is 210 g/mol. The van der Waals surface area contributed by atoms with Gasteiger partial charge in [0.05, 0.1) is 16.9 Å². The van der Waals surface area contributed by atoms with Crippen LogP contribution in [0.25, 0.3) is 0 Å². The zero-order chi connectivity index (χ0) is 11.9. The van der Waals surface area contributed by atoms with Crippen molar-refractivity contribution in [3.8, 4) is 0 Å². The Bertz CT molecular complexity index is 408. The van der Waals surface area contributed by atoms with Crippen molar-refractivity contribution in [2.75, 3.05) is 0 Å². The molecule has 0 aliphatic rings. The monoisotopic (exact) mass is 210 g/mol. The fraction of sp³-hybridized carbons (Fsp3) is 0.636. The maximum absolute atomic E-state index is 11.5. The highest BCUT2D eigenvalue weighted by Crippen LogP contribution is 2.22. The molecular formula is C11H18N2O2. The number of nitrogens with zero attached hydrogens (tertiary/aromatic N) is 1. The number of H-pyrrole nitrogens is 1. The van der Waals surface area contributed by atoms with Crippen molar-refractivity contribution in [3.05, 3.63) is 27.7 Å². The summed E-state index contributed by atoms with van der Waals surface area (Å²) in [7, 11) is 0. The normalized spacial score (nSPS) is 12.9. The first-order valence-corrected chi connectivity index (χ1v) is 4.95. The lowest BCUT2D eigenvalue weighted by molar-refractivity contribution is 0.0766. The van der Waals surface area contributed by atoms with E-state index in [2.05, 4.69) is 10.2 Å². The minimum Gasteiger partial charge on any atom is -0.386 e. The van der Waals surface area contributed by atoms with Gasteiger partial charge in [-0.3, -0.25) is 4.79 Å². The number of hydrogen-bond donors (Lipinski definition) is 2. The topological polar surface area (TPSA) is 66.0 Å². The summed E-state index contributed by atoms with van der Waals surface area (Å²) >= 11 is 0. The molecule has 15 heavy (non-hydrogen) atoms. The first-order chi connectivity index (χ1) is 6.62. The molecule has 0 saturated carbocycles. The molecule has 0 radical (unpaired) electrons. The average Bonchev–Trinajstić information content (AvgIpc) is 2.00. The Morgan fingerprint density at radius 2 is 1.80 bits per heavy atom. The third-order valence-corrected chi connectivity index (χ3v) is 2.23. The first-order valence-electron chi connectivity index (χ1n) is 4.95. The van der Waals surface area contributed by atoms with Crippen LogP contribution < -0.4 is 5.56 Å². The van der Waals surface area contributed by atoms with E-state index >= 15 is 0 Å². The van der Waals surface area contributed by atoms with Crippen LogP contribution in [-0.2, 0) is 11.0 Å². The fourth-order valence-corrected chi connectivity index (χ4v) is 1.24. The van der Waals surface area contributed by atoms with Crippen LogP contribution in [-0.4, -0.2) is 15.3 Å². The highest BCUT2D eigenvalue weighted by atomic mass is 16.3. The van der Waals surface area contributed by atoms with Gasteiger partial charge in [-0.15, -0.1) is 0 Å². The van der Waals surface area contributed by atoms with Gasteiger partial charge in [-0.25, -0.2) is 5.10 Å². The van der Waals surface area contributed by atoms with Crippen LogP contribution in [0.1, 0.15) is 45.9 Å². The van der Waals surface area contributed by atoms with Gasteiger partial charge < -0.3 is 5.11 Å². The molecule has 0 saturated heterocycles. The predicted octanol–water partition coefficient (Wildman–Crippen LogP) is 1.29. The molecule has 1 aromatic heterocycles. The Morgan fingerprint density at radius 1 is 1.27 bits per heavy atom. The van der Waals surface area contributed by atoms with Gasteiger partial charge in [0.25, 0.3) is 5.56 Å². The molecular weight excluding hydrogens is 192 g/mol. The Morgan fingerprint density at radius 3 is 2.20 bits per heavy atom. The van der Waals surface area contributed by atoms with Crippen LogP contribution in [0, 0.1) is 0 Å². The summed E-state index contributed by atoms with van der Waals surface area (Å²) in [5.41, 5.74) is -0.516. The molecule has 0 unspecified atom stereocenters. The van der Waals surface area contributed by atoms with Crippen molar-refractivity contribution in [3.63, 3.8) is 0 Å². The van der Waals surface area contributed by atoms with E-state index < -0.39 is 5.60 Å². The molecule has 4 heteroatoms. The second kappa shape index (κ2) is 3.45. The Hall–Kier alpha value is -1.16. The summed E-state index contributed by atoms with van der Waals surface area (Å²) in [6.07, 6.45) is 0. The van der Waals surface area contributed by atoms with E-state index in [1.54, 1.807) is 19.9 Å². The maximum Gasteiger partial charge on any atom is 0.270 e. The number of rotatable bonds is 1. The maximum atomic E-state index is 11.5. The van der Waals surface area contributed by atoms with Crippen molar-refractivity contribution in [2.45, 2.75) is 45.6 Å². The van der Waals surface area contributed by atoms with Crippen molar-refractivity contribution in [1.29, 1.82) is 0 Å². The molecule has 4 nitrogen and oxygen atoms in total. The molecule has 84 valence electrons. The summed E-state index contributed by atoms with van der Waals surface area (Å²) < 4.78 is 0. The van der Waals surface area contributed by atoms with E-state index in [1.165, 1.54) is 0 Å². The minimum atomic E-state index is -1.14. The van der Waals surface area contributed by atoms with Crippen LogP contribution >= 0.6 is 0 Å². The van der Waals surface area contributed by atoms with Crippen LogP contribution in [0.2, 0.25) is 0 Å². The van der Waals surface area contributed by atoms with Crippen LogP contribution in [0.4, 0.5) is 0 Å². The Kier molecular flexibility index (Phi) is 2.74. The van der Waals surface area contributed by atoms with Gasteiger partial charge in [0, 0.05) is 5.41 Å². The number of aromatic amines is 1. The summed E-state index contributed by atoms with van der Waals surface area (Å²) in [5.74, 6) is 0.